The Morgan fingerprint density at radius 1 is 1.17 bits per heavy atom. The fourth-order valence-electron chi connectivity index (χ4n) is 1.97. The van der Waals surface area contributed by atoms with Crippen molar-refractivity contribution in [1.82, 2.24) is 4.98 Å². The lowest BCUT2D eigenvalue weighted by Gasteiger charge is -2.21. The Balaban J connectivity index is 2.07. The zero-order valence-electron chi connectivity index (χ0n) is 13.6. The molecule has 122 valence electrons. The van der Waals surface area contributed by atoms with Crippen LogP contribution in [0.2, 0.25) is 5.02 Å². The topological polar surface area (TPSA) is 63.2 Å². The van der Waals surface area contributed by atoms with Gasteiger partial charge in [0.05, 0.1) is 24.0 Å². The molecule has 0 radical (unpaired) electrons. The van der Waals surface area contributed by atoms with E-state index in [9.17, 15) is 4.79 Å². The minimum Gasteiger partial charge on any atom is -0.495 e. The molecule has 6 heteroatoms. The summed E-state index contributed by atoms with van der Waals surface area (Å²) in [7, 11) is 1.54. The van der Waals surface area contributed by atoms with E-state index in [2.05, 4.69) is 36.4 Å². The Bertz CT molecular complexity index is 694. The van der Waals surface area contributed by atoms with Crippen molar-refractivity contribution in [2.24, 2.45) is 0 Å². The van der Waals surface area contributed by atoms with Crippen LogP contribution in [0.4, 0.5) is 11.4 Å². The molecule has 2 N–H and O–H groups in total. The lowest BCUT2D eigenvalue weighted by atomic mass is 10.1. The smallest absolute Gasteiger partial charge is 0.274 e. The summed E-state index contributed by atoms with van der Waals surface area (Å²) < 4.78 is 5.08. The van der Waals surface area contributed by atoms with E-state index in [1.54, 1.807) is 30.5 Å². The number of halogens is 1. The number of carbonyl (C=O) groups is 1. The average molecular weight is 334 g/mol. The van der Waals surface area contributed by atoms with Crippen LogP contribution in [0.15, 0.2) is 36.5 Å². The molecule has 0 bridgehead atoms. The number of aromatic nitrogens is 1. The van der Waals surface area contributed by atoms with Gasteiger partial charge in [0.25, 0.3) is 5.91 Å². The molecule has 23 heavy (non-hydrogen) atoms. The van der Waals surface area contributed by atoms with Crippen LogP contribution in [0.3, 0.4) is 0 Å². The lowest BCUT2D eigenvalue weighted by molar-refractivity contribution is 0.102. The van der Waals surface area contributed by atoms with E-state index in [1.807, 2.05) is 6.07 Å². The molecule has 0 unspecified atom stereocenters. The normalized spacial score (nSPS) is 11.0. The Morgan fingerprint density at radius 2 is 1.87 bits per heavy atom. The van der Waals surface area contributed by atoms with E-state index < -0.39 is 0 Å². The largest absolute Gasteiger partial charge is 0.495 e. The Morgan fingerprint density at radius 3 is 2.39 bits per heavy atom. The number of anilines is 2. The van der Waals surface area contributed by atoms with Gasteiger partial charge in [-0.15, -0.1) is 0 Å². The predicted molar refractivity (Wildman–Crippen MR) is 93.6 cm³/mol. The predicted octanol–water partition coefficient (Wildman–Crippen LogP) is 4.21. The molecule has 0 aliphatic rings. The van der Waals surface area contributed by atoms with Crippen LogP contribution in [0.25, 0.3) is 0 Å². The molecule has 0 fully saturated rings. The first-order valence-corrected chi connectivity index (χ1v) is 7.55. The van der Waals surface area contributed by atoms with Gasteiger partial charge in [-0.05, 0) is 51.1 Å². The number of hydrogen-bond acceptors (Lipinski definition) is 4. The molecule has 0 aliphatic heterocycles. The molecule has 1 amide bonds. The van der Waals surface area contributed by atoms with Crippen LogP contribution in [0.1, 0.15) is 31.3 Å². The monoisotopic (exact) mass is 333 g/mol. The van der Waals surface area contributed by atoms with E-state index in [1.165, 1.54) is 7.11 Å². The highest BCUT2D eigenvalue weighted by Gasteiger charge is 2.12. The molecule has 0 spiro atoms. The minimum absolute atomic E-state index is 0.0642. The van der Waals surface area contributed by atoms with Gasteiger partial charge in [0, 0.05) is 11.2 Å². The van der Waals surface area contributed by atoms with Crippen molar-refractivity contribution in [3.05, 3.63) is 47.2 Å². The molecule has 1 aromatic carbocycles. The highest BCUT2D eigenvalue weighted by Crippen LogP contribution is 2.27. The fourth-order valence-corrected chi connectivity index (χ4v) is 2.23. The summed E-state index contributed by atoms with van der Waals surface area (Å²) >= 11 is 6.04. The number of nitrogens with one attached hydrogen (secondary N) is 2. The third-order valence-electron chi connectivity index (χ3n) is 2.93. The van der Waals surface area contributed by atoms with E-state index >= 15 is 0 Å². The standard InChI is InChI=1S/C17H20ClN3O2/c1-17(2,3)21-12-5-7-14(19-10-12)16(22)20-11-6-8-15(23-4)13(18)9-11/h5-10,21H,1-4H3,(H,20,22). The van der Waals surface area contributed by atoms with Crippen LogP contribution in [-0.4, -0.2) is 23.5 Å². The summed E-state index contributed by atoms with van der Waals surface area (Å²) in [4.78, 5) is 16.4. The zero-order valence-corrected chi connectivity index (χ0v) is 14.4. The summed E-state index contributed by atoms with van der Waals surface area (Å²) in [5, 5.41) is 6.48. The first-order chi connectivity index (χ1) is 10.8. The second kappa shape index (κ2) is 6.87. The van der Waals surface area contributed by atoms with E-state index in [0.717, 1.165) is 5.69 Å². The third kappa shape index (κ3) is 4.86. The van der Waals surface area contributed by atoms with Crippen LogP contribution < -0.4 is 15.4 Å². The Kier molecular flexibility index (Phi) is 5.11. The van der Waals surface area contributed by atoms with Crippen molar-refractivity contribution in [2.75, 3.05) is 17.7 Å². The van der Waals surface area contributed by atoms with Crippen LogP contribution in [-0.2, 0) is 0 Å². The van der Waals surface area contributed by atoms with Crippen molar-refractivity contribution in [3.8, 4) is 5.75 Å². The number of ether oxygens (including phenoxy) is 1. The summed E-state index contributed by atoms with van der Waals surface area (Å²) in [5.74, 6) is 0.258. The van der Waals surface area contributed by atoms with Gasteiger partial charge in [-0.3, -0.25) is 4.79 Å². The third-order valence-corrected chi connectivity index (χ3v) is 3.22. The molecule has 2 rings (SSSR count). The molecule has 0 atom stereocenters. The average Bonchev–Trinajstić information content (AvgIpc) is 2.46. The van der Waals surface area contributed by atoms with Crippen LogP contribution in [0.5, 0.6) is 5.75 Å². The Hall–Kier alpha value is -2.27. The van der Waals surface area contributed by atoms with Crippen molar-refractivity contribution in [2.45, 2.75) is 26.3 Å². The molecule has 1 heterocycles. The highest BCUT2D eigenvalue weighted by atomic mass is 35.5. The number of benzene rings is 1. The number of rotatable bonds is 4. The maximum atomic E-state index is 12.2. The molecule has 2 aromatic rings. The number of nitrogens with zero attached hydrogens (tertiary/aromatic N) is 1. The van der Waals surface area contributed by atoms with Crippen molar-refractivity contribution >= 4 is 28.9 Å². The number of methoxy groups -OCH3 is 1. The first kappa shape index (κ1) is 17.1. The molecule has 0 aliphatic carbocycles. The number of amides is 1. The van der Waals surface area contributed by atoms with Gasteiger partial charge in [-0.1, -0.05) is 11.6 Å². The van der Waals surface area contributed by atoms with E-state index in [4.69, 9.17) is 16.3 Å². The van der Waals surface area contributed by atoms with Crippen molar-refractivity contribution < 1.29 is 9.53 Å². The highest BCUT2D eigenvalue weighted by molar-refractivity contribution is 6.32. The lowest BCUT2D eigenvalue weighted by Crippen LogP contribution is -2.26. The Labute approximate surface area is 141 Å². The van der Waals surface area contributed by atoms with Crippen LogP contribution in [0, 0.1) is 0 Å². The molecular formula is C17H20ClN3O2. The number of hydrogen-bond donors (Lipinski definition) is 2. The molecular weight excluding hydrogens is 314 g/mol. The van der Waals surface area contributed by atoms with Gasteiger partial charge < -0.3 is 15.4 Å². The summed E-state index contributed by atoms with van der Waals surface area (Å²) in [5.41, 5.74) is 1.71. The first-order valence-electron chi connectivity index (χ1n) is 7.17. The summed E-state index contributed by atoms with van der Waals surface area (Å²) in [6, 6.07) is 8.55. The SMILES string of the molecule is COc1ccc(NC(=O)c2ccc(NC(C)(C)C)cn2)cc1Cl. The molecule has 0 saturated heterocycles. The number of pyridine rings is 1. The second-order valence-electron chi connectivity index (χ2n) is 6.11. The van der Waals surface area contributed by atoms with Gasteiger partial charge in [-0.2, -0.15) is 0 Å². The maximum Gasteiger partial charge on any atom is 0.274 e. The van der Waals surface area contributed by atoms with Gasteiger partial charge in [0.1, 0.15) is 11.4 Å². The van der Waals surface area contributed by atoms with E-state index in [-0.39, 0.29) is 11.4 Å². The fraction of sp³-hybridized carbons (Fsp3) is 0.294. The summed E-state index contributed by atoms with van der Waals surface area (Å²) in [6.07, 6.45) is 1.64. The van der Waals surface area contributed by atoms with Gasteiger partial charge in [0.2, 0.25) is 0 Å². The molecule has 1 aromatic heterocycles. The van der Waals surface area contributed by atoms with Gasteiger partial charge >= 0.3 is 0 Å². The van der Waals surface area contributed by atoms with Crippen molar-refractivity contribution in [1.29, 1.82) is 0 Å². The minimum atomic E-state index is -0.298. The zero-order chi connectivity index (χ0) is 17.0. The maximum absolute atomic E-state index is 12.2. The second-order valence-corrected chi connectivity index (χ2v) is 6.52. The van der Waals surface area contributed by atoms with Gasteiger partial charge in [0.15, 0.2) is 0 Å². The molecule has 0 saturated carbocycles. The van der Waals surface area contributed by atoms with Crippen molar-refractivity contribution in [3.63, 3.8) is 0 Å². The summed E-state index contributed by atoms with van der Waals surface area (Å²) in [6.45, 7) is 6.17. The number of carbonyl (C=O) groups excluding carboxylic acids is 1. The van der Waals surface area contributed by atoms with E-state index in [0.29, 0.717) is 22.2 Å². The molecule has 5 nitrogen and oxygen atoms in total. The quantitative estimate of drug-likeness (QED) is 0.880. The van der Waals surface area contributed by atoms with Crippen LogP contribution >= 0.6 is 11.6 Å². The van der Waals surface area contributed by atoms with Gasteiger partial charge in [-0.25, -0.2) is 4.98 Å².